The minimum atomic E-state index is -0.554. The van der Waals surface area contributed by atoms with Crippen molar-refractivity contribution in [2.24, 2.45) is 0 Å². The Hall–Kier alpha value is -11.1. The van der Waals surface area contributed by atoms with Crippen molar-refractivity contribution in [1.82, 2.24) is 9.13 Å². The summed E-state index contributed by atoms with van der Waals surface area (Å²) in [5.74, 6) is 0. The molecule has 0 amide bonds. The number of hydrogen-bond donors (Lipinski definition) is 0. The normalized spacial score (nSPS) is 15.2. The van der Waals surface area contributed by atoms with E-state index in [4.69, 9.17) is 14.0 Å². The molecule has 0 bridgehead atoms. The molecule has 486 valence electrons. The molecule has 5 nitrogen and oxygen atoms in total. The van der Waals surface area contributed by atoms with Gasteiger partial charge in [-0.15, -0.1) is 0 Å². The van der Waals surface area contributed by atoms with Crippen molar-refractivity contribution in [2.75, 3.05) is 9.80 Å². The predicted molar refractivity (Wildman–Crippen MR) is 428 cm³/mol. The van der Waals surface area contributed by atoms with E-state index >= 15 is 0 Å². The van der Waals surface area contributed by atoms with Crippen LogP contribution in [-0.4, -0.2) is 15.8 Å². The molecule has 100 heavy (non-hydrogen) atoms. The Bertz CT molecular complexity index is 6610. The van der Waals surface area contributed by atoms with Gasteiger partial charge < -0.3 is 23.4 Å². The van der Waals surface area contributed by atoms with Crippen molar-refractivity contribution in [3.05, 3.63) is 295 Å². The summed E-state index contributed by atoms with van der Waals surface area (Å²) >= 11 is 0. The highest BCUT2D eigenvalue weighted by Gasteiger charge is 2.46. The van der Waals surface area contributed by atoms with E-state index in [0.29, 0.717) is 38.9 Å². The van der Waals surface area contributed by atoms with Gasteiger partial charge in [0.05, 0.1) is 56.9 Å². The molecule has 0 aliphatic carbocycles. The molecule has 0 fully saturated rings. The molecule has 13 aromatic carbocycles. The van der Waals surface area contributed by atoms with Crippen molar-refractivity contribution < 1.29 is 22.2 Å². The third kappa shape index (κ3) is 9.57. The van der Waals surface area contributed by atoms with Crippen LogP contribution in [0.3, 0.4) is 0 Å². The Kier molecular flexibility index (Phi) is 10.8. The number of para-hydroxylation sites is 4. The first-order chi connectivity index (χ1) is 53.5. The first kappa shape index (κ1) is 48.6. The Labute approximate surface area is 605 Å². The lowest BCUT2D eigenvalue weighted by molar-refractivity contribution is 0.590. The SMILES string of the molecule is [2H]c1c([2H])c([2H])c(-c2ccc3c(c2)N(c2c(-c4ccccc4)cc(C(C)(C)C)cc2-c2ccccc2)c2cc(C(C)(C)C)cc4c2B3c2ccc(-n3c5ccc(C(C)(C)C)cc5c5cc(C(C)(C)C)ccc53)cc2N4c2cccc3c2oc2c(-n4c5c([2H])c([2H])c([2H])c([2H])c5c5c([2H])c([2H])c([2H])c([2H])c54)cccc23)c([2H])c1[2H]. The number of benzene rings is 13. The molecule has 0 saturated heterocycles. The van der Waals surface area contributed by atoms with E-state index in [0.717, 1.165) is 106 Å². The monoisotopic (exact) mass is 1310 g/mol. The number of anilines is 6. The van der Waals surface area contributed by atoms with Crippen LogP contribution in [0.5, 0.6) is 0 Å². The Morgan fingerprint density at radius 1 is 0.310 bits per heavy atom. The molecule has 0 unspecified atom stereocenters. The van der Waals surface area contributed by atoms with Gasteiger partial charge in [-0.05, 0) is 174 Å². The number of fused-ring (bicyclic) bond motifs is 13. The fourth-order valence-electron chi connectivity index (χ4n) is 15.6. The first-order valence-corrected chi connectivity index (χ1v) is 34.5. The van der Waals surface area contributed by atoms with Crippen LogP contribution in [0, 0.1) is 0 Å². The highest BCUT2D eigenvalue weighted by Crippen LogP contribution is 2.54. The second kappa shape index (κ2) is 22.2. The summed E-state index contributed by atoms with van der Waals surface area (Å²) in [6.07, 6.45) is 0. The van der Waals surface area contributed by atoms with Crippen molar-refractivity contribution in [1.29, 1.82) is 0 Å². The molecule has 0 N–H and O–H groups in total. The lowest BCUT2D eigenvalue weighted by atomic mass is 9.33. The van der Waals surface area contributed by atoms with Crippen molar-refractivity contribution in [2.45, 2.75) is 105 Å². The number of rotatable bonds is 7. The Morgan fingerprint density at radius 3 is 1.34 bits per heavy atom. The van der Waals surface area contributed by atoms with Crippen LogP contribution in [0.15, 0.2) is 277 Å². The van der Waals surface area contributed by atoms with Crippen LogP contribution in [0.1, 0.15) is 123 Å². The Morgan fingerprint density at radius 2 is 0.790 bits per heavy atom. The topological polar surface area (TPSA) is 29.5 Å². The highest BCUT2D eigenvalue weighted by molar-refractivity contribution is 7.00. The fraction of sp³-hybridized carbons (Fsp3) is 0.170. The van der Waals surface area contributed by atoms with Gasteiger partial charge in [0.15, 0.2) is 11.2 Å². The summed E-state index contributed by atoms with van der Waals surface area (Å²) in [4.78, 5) is 4.72. The molecule has 18 rings (SSSR count). The van der Waals surface area contributed by atoms with Gasteiger partial charge in [-0.1, -0.05) is 265 Å². The fourth-order valence-corrected chi connectivity index (χ4v) is 15.6. The second-order valence-electron chi connectivity index (χ2n) is 31.2. The van der Waals surface area contributed by atoms with Crippen molar-refractivity contribution in [3.63, 3.8) is 0 Å². The molecule has 0 radical (unpaired) electrons. The summed E-state index contributed by atoms with van der Waals surface area (Å²) < 4.78 is 132. The van der Waals surface area contributed by atoms with Crippen LogP contribution in [0.2, 0.25) is 0 Å². The maximum atomic E-state index is 9.60. The number of furan rings is 1. The van der Waals surface area contributed by atoms with E-state index in [-0.39, 0.29) is 55.7 Å². The highest BCUT2D eigenvalue weighted by atomic mass is 16.3. The Balaban J connectivity index is 1.01. The van der Waals surface area contributed by atoms with Crippen LogP contribution >= 0.6 is 0 Å². The van der Waals surface area contributed by atoms with Crippen LogP contribution in [-0.2, 0) is 21.7 Å². The summed E-state index contributed by atoms with van der Waals surface area (Å²) in [5.41, 5.74) is 19.0. The number of nitrogens with zero attached hydrogens (tertiary/aromatic N) is 4. The summed E-state index contributed by atoms with van der Waals surface area (Å²) in [5, 5.41) is 3.48. The van der Waals surface area contributed by atoms with Gasteiger partial charge in [-0.2, -0.15) is 0 Å². The zero-order valence-corrected chi connectivity index (χ0v) is 58.2. The lowest BCUT2D eigenvalue weighted by Gasteiger charge is -2.46. The molecule has 2 aliphatic heterocycles. The standard InChI is InChI=1S/C94H81BN4O/c1-91(2,3)62-43-48-79-73(51-62)74-52-63(92(4,5)6)44-49-80(74)96(79)66-45-47-76-84(57-66)98(82-41-27-37-70-69-36-26-40-81(89(69)100-90(70)82)97-77-38-24-22-34-67(77)68-35-23-25-39-78(68)97)85-55-65(94(10,11)12)56-86-87(85)95(76)75-46-42-61(58-28-16-13-17-29-58)50-83(75)99(86)88-71(59-30-18-14-19-31-59)53-64(93(7,8)9)54-72(88)60-32-20-15-21-33-60/h13-57H,1-12H3/i13D,16D,17D,22D,23D,24D,25D,28D,29D,34D,35D,38D,39D. The van der Waals surface area contributed by atoms with Crippen molar-refractivity contribution in [3.8, 4) is 44.8 Å². The molecule has 0 spiro atoms. The third-order valence-electron chi connectivity index (χ3n) is 20.8. The van der Waals surface area contributed by atoms with E-state index in [1.165, 1.54) is 15.7 Å². The number of hydrogen-bond acceptors (Lipinski definition) is 3. The first-order valence-electron chi connectivity index (χ1n) is 41.0. The maximum absolute atomic E-state index is 9.60. The molecule has 0 atom stereocenters. The smallest absolute Gasteiger partial charge is 0.252 e. The predicted octanol–water partition coefficient (Wildman–Crippen LogP) is 24.1. The lowest BCUT2D eigenvalue weighted by Crippen LogP contribution is -2.61. The largest absolute Gasteiger partial charge is 0.452 e. The molecule has 0 saturated carbocycles. The van der Waals surface area contributed by atoms with E-state index in [1.807, 2.05) is 48.5 Å². The van der Waals surface area contributed by atoms with Gasteiger partial charge in [0.1, 0.15) is 0 Å². The minimum absolute atomic E-state index is 0.0289. The average molecular weight is 1310 g/mol. The van der Waals surface area contributed by atoms with E-state index in [1.54, 1.807) is 6.07 Å². The molecule has 3 aromatic heterocycles. The van der Waals surface area contributed by atoms with Gasteiger partial charge in [-0.3, -0.25) is 0 Å². The molecule has 16 aromatic rings. The average Bonchev–Trinajstić information content (AvgIpc) is 1.67. The summed E-state index contributed by atoms with van der Waals surface area (Å²) in [7, 11) is 0. The van der Waals surface area contributed by atoms with Gasteiger partial charge in [0.2, 0.25) is 0 Å². The maximum Gasteiger partial charge on any atom is 0.252 e. The zero-order chi connectivity index (χ0) is 79.8. The van der Waals surface area contributed by atoms with Crippen LogP contribution in [0.25, 0.3) is 110 Å². The number of aromatic nitrogens is 2. The molecular formula is C94H81BN4O. The van der Waals surface area contributed by atoms with Gasteiger partial charge in [0, 0.05) is 71.9 Å². The zero-order valence-electron chi connectivity index (χ0n) is 71.2. The van der Waals surface area contributed by atoms with Crippen LogP contribution < -0.4 is 26.2 Å². The molecule has 2 aliphatic rings. The molecule has 5 heterocycles. The molecular weight excluding hydrogens is 1210 g/mol. The minimum Gasteiger partial charge on any atom is -0.452 e. The quantitative estimate of drug-likeness (QED) is 0.149. The van der Waals surface area contributed by atoms with Gasteiger partial charge >= 0.3 is 0 Å². The summed E-state index contributed by atoms with van der Waals surface area (Å²) in [6, 6.07) is 62.4. The van der Waals surface area contributed by atoms with Crippen molar-refractivity contribution >= 4 is 123 Å². The molecule has 6 heteroatoms. The van der Waals surface area contributed by atoms with Gasteiger partial charge in [-0.25, -0.2) is 0 Å². The summed E-state index contributed by atoms with van der Waals surface area (Å²) in [6.45, 7) is 26.2. The third-order valence-corrected chi connectivity index (χ3v) is 20.8. The van der Waals surface area contributed by atoms with Crippen LogP contribution in [0.4, 0.5) is 34.1 Å². The van der Waals surface area contributed by atoms with E-state index in [9.17, 15) is 8.22 Å². The van der Waals surface area contributed by atoms with E-state index in [2.05, 4.69) is 237 Å². The van der Waals surface area contributed by atoms with E-state index < -0.39 is 78.6 Å². The van der Waals surface area contributed by atoms with Gasteiger partial charge in [0.25, 0.3) is 6.71 Å². The second-order valence-corrected chi connectivity index (χ2v) is 31.2.